The Hall–Kier alpha value is -2.29. The number of ether oxygens (including phenoxy) is 2. The number of carbonyl (C=O) groups is 1. The van der Waals surface area contributed by atoms with Crippen molar-refractivity contribution in [3.8, 4) is 11.5 Å². The third-order valence-corrected chi connectivity index (χ3v) is 8.73. The lowest BCUT2D eigenvalue weighted by Crippen LogP contribution is -2.62. The Morgan fingerprint density at radius 3 is 2.58 bits per heavy atom. The van der Waals surface area contributed by atoms with Gasteiger partial charge in [0.1, 0.15) is 17.8 Å². The van der Waals surface area contributed by atoms with Crippen LogP contribution < -0.4 is 10.5 Å². The molecule has 0 radical (unpaired) electrons. The van der Waals surface area contributed by atoms with Gasteiger partial charge >= 0.3 is 0 Å². The number of hydrogen-bond acceptors (Lipinski definition) is 7. The summed E-state index contributed by atoms with van der Waals surface area (Å²) in [6, 6.07) is 15.3. The number of unbranched alkanes of at least 4 members (excludes halogenated alkanes) is 1. The molecule has 1 aliphatic carbocycles. The SMILES string of the molecule is COCCCC[C@@](O)(c1ccccc1Oc1ccccc1C)[C@@H]1CCCN(C2(C=O)CC[C@H](O)[C@H](N)C2)C1. The molecule has 1 unspecified atom stereocenters. The maximum Gasteiger partial charge on any atom is 0.140 e. The number of nitrogens with two attached hydrogens (primary N) is 1. The minimum atomic E-state index is -1.15. The average molecular weight is 525 g/mol. The van der Waals surface area contributed by atoms with Crippen molar-refractivity contribution in [1.29, 1.82) is 0 Å². The van der Waals surface area contributed by atoms with Crippen LogP contribution in [-0.4, -0.2) is 65.9 Å². The van der Waals surface area contributed by atoms with Gasteiger partial charge in [0.25, 0.3) is 0 Å². The number of piperidine rings is 1. The highest BCUT2D eigenvalue weighted by Crippen LogP contribution is 2.46. The van der Waals surface area contributed by atoms with Crippen molar-refractivity contribution >= 4 is 6.29 Å². The molecule has 38 heavy (non-hydrogen) atoms. The lowest BCUT2D eigenvalue weighted by molar-refractivity contribution is -0.130. The van der Waals surface area contributed by atoms with Gasteiger partial charge in [0.15, 0.2) is 0 Å². The lowest BCUT2D eigenvalue weighted by Gasteiger charge is -2.51. The molecule has 0 bridgehead atoms. The van der Waals surface area contributed by atoms with Crippen molar-refractivity contribution < 1.29 is 24.5 Å². The van der Waals surface area contributed by atoms with Crippen molar-refractivity contribution in [3.63, 3.8) is 0 Å². The van der Waals surface area contributed by atoms with Crippen molar-refractivity contribution in [3.05, 3.63) is 59.7 Å². The van der Waals surface area contributed by atoms with Crippen LogP contribution in [0.25, 0.3) is 0 Å². The molecule has 0 aromatic heterocycles. The number of para-hydroxylation sites is 2. The number of aldehydes is 1. The summed E-state index contributed by atoms with van der Waals surface area (Å²) in [6.07, 6.45) is 5.92. The second-order valence-corrected chi connectivity index (χ2v) is 11.2. The van der Waals surface area contributed by atoms with Crippen LogP contribution in [0.4, 0.5) is 0 Å². The molecule has 5 atom stereocenters. The fourth-order valence-electron chi connectivity index (χ4n) is 6.40. The molecule has 208 valence electrons. The van der Waals surface area contributed by atoms with Gasteiger partial charge < -0.3 is 30.2 Å². The highest BCUT2D eigenvalue weighted by Gasteiger charge is 2.48. The number of hydrogen-bond donors (Lipinski definition) is 3. The van der Waals surface area contributed by atoms with Crippen molar-refractivity contribution in [1.82, 2.24) is 4.90 Å². The second-order valence-electron chi connectivity index (χ2n) is 11.2. The monoisotopic (exact) mass is 524 g/mol. The molecule has 2 aromatic rings. The third-order valence-electron chi connectivity index (χ3n) is 8.73. The number of aliphatic hydroxyl groups excluding tert-OH is 1. The van der Waals surface area contributed by atoms with Gasteiger partial charge in [0.05, 0.1) is 17.2 Å². The molecule has 4 N–H and O–H groups in total. The molecule has 2 aromatic carbocycles. The largest absolute Gasteiger partial charge is 0.457 e. The Morgan fingerprint density at radius 2 is 1.87 bits per heavy atom. The molecule has 1 saturated heterocycles. The fourth-order valence-corrected chi connectivity index (χ4v) is 6.40. The van der Waals surface area contributed by atoms with Crippen LogP contribution in [0.5, 0.6) is 11.5 Å². The third kappa shape index (κ3) is 6.13. The second kappa shape index (κ2) is 12.7. The van der Waals surface area contributed by atoms with E-state index in [1.54, 1.807) is 7.11 Å². The quantitative estimate of drug-likeness (QED) is 0.297. The molecule has 7 heteroatoms. The number of aliphatic hydroxyl groups is 2. The van der Waals surface area contributed by atoms with E-state index in [0.717, 1.165) is 55.4 Å². The highest BCUT2D eigenvalue weighted by atomic mass is 16.5. The molecule has 1 aliphatic heterocycles. The number of carbonyl (C=O) groups excluding carboxylic acids is 1. The lowest BCUT2D eigenvalue weighted by atomic mass is 9.71. The Labute approximate surface area is 226 Å². The Morgan fingerprint density at radius 1 is 1.13 bits per heavy atom. The number of benzene rings is 2. The van der Waals surface area contributed by atoms with Crippen LogP contribution in [0.1, 0.15) is 62.5 Å². The van der Waals surface area contributed by atoms with E-state index in [0.29, 0.717) is 44.6 Å². The maximum absolute atomic E-state index is 12.6. The van der Waals surface area contributed by atoms with E-state index in [4.69, 9.17) is 15.2 Å². The summed E-state index contributed by atoms with van der Waals surface area (Å²) in [7, 11) is 1.70. The maximum atomic E-state index is 12.6. The normalized spacial score (nSPS) is 28.0. The van der Waals surface area contributed by atoms with Gasteiger partial charge in [-0.1, -0.05) is 36.4 Å². The first-order valence-electron chi connectivity index (χ1n) is 14.0. The van der Waals surface area contributed by atoms with Crippen LogP contribution in [0.2, 0.25) is 0 Å². The summed E-state index contributed by atoms with van der Waals surface area (Å²) in [5.74, 6) is 1.32. The van der Waals surface area contributed by atoms with E-state index in [2.05, 4.69) is 4.90 Å². The topological polar surface area (TPSA) is 105 Å². The van der Waals surface area contributed by atoms with Gasteiger partial charge in [0.2, 0.25) is 0 Å². The Kier molecular flexibility index (Phi) is 9.60. The summed E-state index contributed by atoms with van der Waals surface area (Å²) in [5, 5.41) is 22.8. The number of rotatable bonds is 11. The summed E-state index contributed by atoms with van der Waals surface area (Å²) < 4.78 is 11.7. The predicted molar refractivity (Wildman–Crippen MR) is 148 cm³/mol. The average Bonchev–Trinajstić information content (AvgIpc) is 2.94. The van der Waals surface area contributed by atoms with E-state index < -0.39 is 23.3 Å². The van der Waals surface area contributed by atoms with Gasteiger partial charge in [-0.15, -0.1) is 0 Å². The van der Waals surface area contributed by atoms with Crippen molar-refractivity contribution in [2.75, 3.05) is 26.8 Å². The van der Waals surface area contributed by atoms with Crippen LogP contribution in [0, 0.1) is 12.8 Å². The summed E-state index contributed by atoms with van der Waals surface area (Å²) in [4.78, 5) is 14.7. The molecule has 2 fully saturated rings. The summed E-state index contributed by atoms with van der Waals surface area (Å²) in [5.41, 5.74) is 6.19. The fraction of sp³-hybridized carbons (Fsp3) is 0.581. The van der Waals surface area contributed by atoms with Gasteiger partial charge in [-0.3, -0.25) is 4.90 Å². The molecule has 0 amide bonds. The highest BCUT2D eigenvalue weighted by molar-refractivity contribution is 5.65. The molecule has 7 nitrogen and oxygen atoms in total. The molecular weight excluding hydrogens is 480 g/mol. The standard InChI is InChI=1S/C31H44N2O5/c1-23-10-3-5-13-28(23)38-29-14-6-4-12-25(29)31(36,16-7-8-19-37-2)24-11-9-18-33(21-24)30(22-34)17-15-27(35)26(32)20-30/h3-6,10,12-14,22,24,26-27,35-36H,7-9,11,15-21,32H2,1-2H3/t24-,26-,27+,30?,31+/m1/s1. The van der Waals surface area contributed by atoms with Crippen LogP contribution in [0.3, 0.4) is 0 Å². The van der Waals surface area contributed by atoms with Crippen LogP contribution >= 0.6 is 0 Å². The van der Waals surface area contributed by atoms with Gasteiger partial charge in [-0.05, 0) is 82.5 Å². The minimum Gasteiger partial charge on any atom is -0.457 e. The summed E-state index contributed by atoms with van der Waals surface area (Å²) in [6.45, 7) is 4.02. The van der Waals surface area contributed by atoms with Crippen molar-refractivity contribution in [2.45, 2.75) is 81.6 Å². The number of methoxy groups -OCH3 is 1. The first kappa shape index (κ1) is 28.7. The van der Waals surface area contributed by atoms with Crippen LogP contribution in [-0.2, 0) is 15.1 Å². The molecule has 2 aliphatic rings. The molecule has 1 saturated carbocycles. The zero-order valence-corrected chi connectivity index (χ0v) is 22.9. The predicted octanol–water partition coefficient (Wildman–Crippen LogP) is 4.31. The van der Waals surface area contributed by atoms with Gasteiger partial charge in [-0.2, -0.15) is 0 Å². The van der Waals surface area contributed by atoms with E-state index >= 15 is 0 Å². The summed E-state index contributed by atoms with van der Waals surface area (Å²) >= 11 is 0. The molecule has 1 heterocycles. The Bertz CT molecular complexity index is 1060. The minimum absolute atomic E-state index is 0.0969. The van der Waals surface area contributed by atoms with E-state index in [1.807, 2.05) is 55.5 Å². The number of nitrogens with zero attached hydrogens (tertiary/aromatic N) is 1. The smallest absolute Gasteiger partial charge is 0.140 e. The van der Waals surface area contributed by atoms with Gasteiger partial charge in [-0.25, -0.2) is 0 Å². The van der Waals surface area contributed by atoms with Crippen molar-refractivity contribution in [2.24, 2.45) is 11.7 Å². The zero-order chi connectivity index (χ0) is 27.2. The van der Waals surface area contributed by atoms with Crippen LogP contribution in [0.15, 0.2) is 48.5 Å². The number of aryl methyl sites for hydroxylation is 1. The first-order chi connectivity index (χ1) is 18.3. The van der Waals surface area contributed by atoms with E-state index in [-0.39, 0.29) is 5.92 Å². The van der Waals surface area contributed by atoms with E-state index in [1.165, 1.54) is 0 Å². The zero-order valence-electron chi connectivity index (χ0n) is 22.9. The molecular formula is C31H44N2O5. The molecule has 0 spiro atoms. The Balaban J connectivity index is 1.66. The van der Waals surface area contributed by atoms with E-state index in [9.17, 15) is 15.0 Å². The molecule has 4 rings (SSSR count). The first-order valence-corrected chi connectivity index (χ1v) is 14.0. The van der Waals surface area contributed by atoms with Gasteiger partial charge in [0, 0.05) is 37.8 Å². The number of likely N-dealkylation sites (tertiary alicyclic amines) is 1.